The van der Waals surface area contributed by atoms with E-state index in [1.165, 1.54) is 6.20 Å². The Morgan fingerprint density at radius 1 is 1.65 bits per heavy atom. The molecule has 0 aromatic carbocycles. The fraction of sp³-hybridized carbons (Fsp3) is 0.500. The van der Waals surface area contributed by atoms with Crippen molar-refractivity contribution in [1.29, 1.82) is 0 Å². The average molecular weight is 273 g/mol. The van der Waals surface area contributed by atoms with E-state index in [-0.39, 0.29) is 11.9 Å². The van der Waals surface area contributed by atoms with Crippen molar-refractivity contribution in [3.63, 3.8) is 0 Å². The van der Waals surface area contributed by atoms with Crippen molar-refractivity contribution in [3.05, 3.63) is 29.0 Å². The van der Waals surface area contributed by atoms with Crippen LogP contribution in [0.25, 0.3) is 0 Å². The number of pyridine rings is 1. The third-order valence-corrected chi connectivity index (χ3v) is 3.53. The number of hydrogen-bond donors (Lipinski definition) is 1. The smallest absolute Gasteiger partial charge is 0.253 e. The highest BCUT2D eigenvalue weighted by molar-refractivity contribution is 7.99. The summed E-state index contributed by atoms with van der Waals surface area (Å²) in [6, 6.07) is 1.79. The number of nitrogens with one attached hydrogen (secondary N) is 1. The molecule has 1 N–H and O–H groups in total. The second kappa shape index (κ2) is 7.56. The highest BCUT2D eigenvalue weighted by Gasteiger charge is 2.12. The van der Waals surface area contributed by atoms with Gasteiger partial charge in [0.05, 0.1) is 10.6 Å². The minimum Gasteiger partial charge on any atom is -0.350 e. The zero-order chi connectivity index (χ0) is 12.7. The van der Waals surface area contributed by atoms with Gasteiger partial charge in [0.15, 0.2) is 0 Å². The molecule has 0 spiro atoms. The molecule has 0 saturated carbocycles. The van der Waals surface area contributed by atoms with Crippen LogP contribution in [0.3, 0.4) is 0 Å². The van der Waals surface area contributed by atoms with E-state index < -0.39 is 0 Å². The van der Waals surface area contributed by atoms with E-state index in [1.54, 1.807) is 12.3 Å². The van der Waals surface area contributed by atoms with Crippen LogP contribution >= 0.6 is 23.4 Å². The molecule has 17 heavy (non-hydrogen) atoms. The number of rotatable bonds is 6. The van der Waals surface area contributed by atoms with Crippen LogP contribution in [0.15, 0.2) is 18.5 Å². The lowest BCUT2D eigenvalue weighted by atomic mass is 10.2. The first-order valence-corrected chi connectivity index (χ1v) is 7.16. The van der Waals surface area contributed by atoms with Gasteiger partial charge in [0.2, 0.25) is 0 Å². The number of thioether (sulfide) groups is 1. The van der Waals surface area contributed by atoms with Crippen LogP contribution in [0.2, 0.25) is 5.02 Å². The van der Waals surface area contributed by atoms with Crippen molar-refractivity contribution in [2.45, 2.75) is 26.3 Å². The van der Waals surface area contributed by atoms with Crippen LogP contribution in [0.1, 0.15) is 30.6 Å². The maximum atomic E-state index is 11.9. The summed E-state index contributed by atoms with van der Waals surface area (Å²) in [6.45, 7) is 4.13. The first kappa shape index (κ1) is 14.3. The number of carbonyl (C=O) groups excluding carboxylic acids is 1. The molecule has 5 heteroatoms. The predicted molar refractivity (Wildman–Crippen MR) is 73.8 cm³/mol. The van der Waals surface area contributed by atoms with E-state index in [2.05, 4.69) is 17.2 Å². The number of hydrogen-bond acceptors (Lipinski definition) is 3. The van der Waals surface area contributed by atoms with Crippen LogP contribution in [0.5, 0.6) is 0 Å². The second-order valence-corrected chi connectivity index (χ2v) is 5.52. The highest BCUT2D eigenvalue weighted by Crippen LogP contribution is 2.13. The number of halogens is 1. The molecule has 0 fully saturated rings. The fourth-order valence-corrected chi connectivity index (χ4v) is 2.35. The zero-order valence-corrected chi connectivity index (χ0v) is 11.6. The van der Waals surface area contributed by atoms with Crippen LogP contribution in [0.4, 0.5) is 0 Å². The summed E-state index contributed by atoms with van der Waals surface area (Å²) in [5.41, 5.74) is 0.483. The summed E-state index contributed by atoms with van der Waals surface area (Å²) in [7, 11) is 0. The van der Waals surface area contributed by atoms with Gasteiger partial charge in [0, 0.05) is 18.4 Å². The number of amides is 1. The Kier molecular flexibility index (Phi) is 6.37. The molecule has 3 nitrogen and oxygen atoms in total. The van der Waals surface area contributed by atoms with Gasteiger partial charge >= 0.3 is 0 Å². The average Bonchev–Trinajstić information content (AvgIpc) is 2.29. The summed E-state index contributed by atoms with van der Waals surface area (Å²) < 4.78 is 0. The Balaban J connectivity index is 2.46. The Hall–Kier alpha value is -0.740. The van der Waals surface area contributed by atoms with E-state index in [1.807, 2.05) is 18.7 Å². The summed E-state index contributed by atoms with van der Waals surface area (Å²) >= 11 is 7.78. The molecule has 0 aliphatic heterocycles. The summed E-state index contributed by atoms with van der Waals surface area (Å²) in [6.07, 6.45) is 4.01. The van der Waals surface area contributed by atoms with E-state index in [4.69, 9.17) is 11.6 Å². The zero-order valence-electron chi connectivity index (χ0n) is 10.1. The van der Waals surface area contributed by atoms with Gasteiger partial charge in [-0.1, -0.05) is 18.5 Å². The van der Waals surface area contributed by atoms with E-state index in [0.717, 1.165) is 17.9 Å². The maximum Gasteiger partial charge on any atom is 0.253 e. The third-order valence-electron chi connectivity index (χ3n) is 2.29. The molecule has 0 aliphatic rings. The topological polar surface area (TPSA) is 42.0 Å². The first-order valence-electron chi connectivity index (χ1n) is 5.63. The number of carbonyl (C=O) groups is 1. The van der Waals surface area contributed by atoms with Crippen molar-refractivity contribution in [1.82, 2.24) is 10.3 Å². The van der Waals surface area contributed by atoms with Gasteiger partial charge in [-0.2, -0.15) is 11.8 Å². The molecule has 0 aliphatic carbocycles. The molecule has 0 saturated heterocycles. The molecule has 0 radical (unpaired) electrons. The molecular weight excluding hydrogens is 256 g/mol. The van der Waals surface area contributed by atoms with E-state index in [9.17, 15) is 4.79 Å². The molecule has 1 unspecified atom stereocenters. The van der Waals surface area contributed by atoms with Gasteiger partial charge in [-0.25, -0.2) is 0 Å². The van der Waals surface area contributed by atoms with Crippen molar-refractivity contribution >= 4 is 29.3 Å². The molecular formula is C12H17ClN2OS. The lowest BCUT2D eigenvalue weighted by molar-refractivity contribution is 0.0939. The molecule has 1 aromatic rings. The molecule has 94 valence electrons. The number of aromatic nitrogens is 1. The first-order chi connectivity index (χ1) is 8.15. The molecule has 1 amide bonds. The van der Waals surface area contributed by atoms with Gasteiger partial charge in [-0.05, 0) is 30.9 Å². The lowest BCUT2D eigenvalue weighted by Crippen LogP contribution is -2.33. The highest BCUT2D eigenvalue weighted by atomic mass is 35.5. The van der Waals surface area contributed by atoms with Crippen LogP contribution in [-0.2, 0) is 0 Å². The van der Waals surface area contributed by atoms with Gasteiger partial charge in [0.25, 0.3) is 5.91 Å². The van der Waals surface area contributed by atoms with Gasteiger partial charge < -0.3 is 5.32 Å². The molecule has 1 aromatic heterocycles. The Morgan fingerprint density at radius 2 is 2.41 bits per heavy atom. The van der Waals surface area contributed by atoms with Crippen molar-refractivity contribution in [2.24, 2.45) is 0 Å². The van der Waals surface area contributed by atoms with Crippen molar-refractivity contribution in [2.75, 3.05) is 11.5 Å². The van der Waals surface area contributed by atoms with E-state index >= 15 is 0 Å². The van der Waals surface area contributed by atoms with Crippen LogP contribution in [-0.4, -0.2) is 28.4 Å². The van der Waals surface area contributed by atoms with Crippen LogP contribution < -0.4 is 5.32 Å². The Morgan fingerprint density at radius 3 is 3.06 bits per heavy atom. The van der Waals surface area contributed by atoms with Crippen molar-refractivity contribution < 1.29 is 4.79 Å². The molecule has 1 heterocycles. The quantitative estimate of drug-likeness (QED) is 0.810. The van der Waals surface area contributed by atoms with Gasteiger partial charge in [-0.3, -0.25) is 9.78 Å². The Bertz CT molecular complexity index is 373. The van der Waals surface area contributed by atoms with E-state index in [0.29, 0.717) is 10.6 Å². The number of nitrogens with zero attached hydrogens (tertiary/aromatic N) is 1. The molecule has 1 rings (SSSR count). The van der Waals surface area contributed by atoms with Crippen LogP contribution in [0, 0.1) is 0 Å². The third kappa shape index (κ3) is 4.96. The molecule has 0 bridgehead atoms. The normalized spacial score (nSPS) is 12.2. The summed E-state index contributed by atoms with van der Waals surface area (Å²) in [5.74, 6) is 2.03. The van der Waals surface area contributed by atoms with Gasteiger partial charge in [-0.15, -0.1) is 0 Å². The second-order valence-electron chi connectivity index (χ2n) is 3.72. The minimum atomic E-state index is -0.133. The predicted octanol–water partition coefficient (Wildman–Crippen LogP) is 3.00. The monoisotopic (exact) mass is 272 g/mol. The fourth-order valence-electron chi connectivity index (χ4n) is 1.34. The SMILES string of the molecule is CCSCCC(C)NC(=O)c1ccncc1Cl. The maximum absolute atomic E-state index is 11.9. The molecule has 1 atom stereocenters. The lowest BCUT2D eigenvalue weighted by Gasteiger charge is -2.13. The largest absolute Gasteiger partial charge is 0.350 e. The standard InChI is InChI=1S/C12H17ClN2OS/c1-3-17-7-5-9(2)15-12(16)10-4-6-14-8-11(10)13/h4,6,8-9H,3,5,7H2,1-2H3,(H,15,16). The summed E-state index contributed by atoms with van der Waals surface area (Å²) in [5, 5.41) is 3.32. The Labute approximate surface area is 111 Å². The summed E-state index contributed by atoms with van der Waals surface area (Å²) in [4.78, 5) is 15.7. The van der Waals surface area contributed by atoms with Gasteiger partial charge in [0.1, 0.15) is 0 Å². The minimum absolute atomic E-state index is 0.133. The van der Waals surface area contributed by atoms with Crippen molar-refractivity contribution in [3.8, 4) is 0 Å².